The summed E-state index contributed by atoms with van der Waals surface area (Å²) >= 11 is 1.44. The molecule has 0 unspecified atom stereocenters. The third kappa shape index (κ3) is 2.68. The van der Waals surface area contributed by atoms with Crippen LogP contribution in [-0.2, 0) is 0 Å². The van der Waals surface area contributed by atoms with Gasteiger partial charge in [0.15, 0.2) is 16.6 Å². The SMILES string of the molecule is O=C(Nc1nc2cc3c(cc2s1)OCCO3)NC1CCCC1. The summed E-state index contributed by atoms with van der Waals surface area (Å²) in [5.74, 6) is 1.45. The van der Waals surface area contributed by atoms with Crippen molar-refractivity contribution in [1.82, 2.24) is 10.3 Å². The van der Waals surface area contributed by atoms with Crippen molar-refractivity contribution in [2.24, 2.45) is 0 Å². The standard InChI is InChI=1S/C15H17N3O3S/c19-14(16-9-3-1-2-4-9)18-15-17-10-7-11-12(8-13(10)22-15)21-6-5-20-11/h7-9H,1-6H2,(H2,16,17,18,19). The van der Waals surface area contributed by atoms with Gasteiger partial charge < -0.3 is 14.8 Å². The van der Waals surface area contributed by atoms with E-state index in [-0.39, 0.29) is 6.03 Å². The Morgan fingerprint density at radius 1 is 1.18 bits per heavy atom. The van der Waals surface area contributed by atoms with Crippen LogP contribution in [0.15, 0.2) is 12.1 Å². The molecule has 2 amide bonds. The maximum atomic E-state index is 12.0. The minimum Gasteiger partial charge on any atom is -0.486 e. The van der Waals surface area contributed by atoms with Crippen LogP contribution in [0.2, 0.25) is 0 Å². The average molecular weight is 319 g/mol. The third-order valence-electron chi connectivity index (χ3n) is 3.96. The number of rotatable bonds is 2. The summed E-state index contributed by atoms with van der Waals surface area (Å²) in [4.78, 5) is 16.4. The first-order chi connectivity index (χ1) is 10.8. The van der Waals surface area contributed by atoms with Crippen LogP contribution >= 0.6 is 11.3 Å². The van der Waals surface area contributed by atoms with E-state index in [1.165, 1.54) is 24.2 Å². The van der Waals surface area contributed by atoms with Gasteiger partial charge in [0.25, 0.3) is 0 Å². The number of anilines is 1. The number of carbonyl (C=O) groups is 1. The first kappa shape index (κ1) is 13.6. The van der Waals surface area contributed by atoms with Crippen LogP contribution in [0, 0.1) is 0 Å². The Balaban J connectivity index is 1.50. The summed E-state index contributed by atoms with van der Waals surface area (Å²) in [6.07, 6.45) is 4.51. The number of aromatic nitrogens is 1. The van der Waals surface area contributed by atoms with E-state index in [2.05, 4.69) is 15.6 Å². The molecule has 0 atom stereocenters. The van der Waals surface area contributed by atoms with Crippen LogP contribution in [0.25, 0.3) is 10.2 Å². The zero-order valence-corrected chi connectivity index (χ0v) is 12.9. The van der Waals surface area contributed by atoms with Crippen molar-refractivity contribution in [3.05, 3.63) is 12.1 Å². The monoisotopic (exact) mass is 319 g/mol. The number of carbonyl (C=O) groups excluding carboxylic acids is 1. The Morgan fingerprint density at radius 2 is 1.91 bits per heavy atom. The summed E-state index contributed by atoms with van der Waals surface area (Å²) in [5.41, 5.74) is 0.811. The molecule has 2 N–H and O–H groups in total. The topological polar surface area (TPSA) is 72.5 Å². The molecule has 1 aliphatic heterocycles. The van der Waals surface area contributed by atoms with Gasteiger partial charge in [-0.1, -0.05) is 24.2 Å². The number of benzene rings is 1. The van der Waals surface area contributed by atoms with Crippen LogP contribution in [0.5, 0.6) is 11.5 Å². The lowest BCUT2D eigenvalue weighted by Gasteiger charge is -2.17. The number of fused-ring (bicyclic) bond motifs is 2. The minimum atomic E-state index is -0.178. The molecule has 1 aliphatic carbocycles. The van der Waals surface area contributed by atoms with Crippen LogP contribution in [0.4, 0.5) is 9.93 Å². The Bertz CT molecular complexity index is 666. The molecular weight excluding hydrogens is 302 g/mol. The first-order valence-electron chi connectivity index (χ1n) is 7.56. The number of hydrogen-bond donors (Lipinski definition) is 2. The molecule has 2 aromatic rings. The van der Waals surface area contributed by atoms with Crippen molar-refractivity contribution < 1.29 is 14.3 Å². The van der Waals surface area contributed by atoms with Crippen molar-refractivity contribution in [3.63, 3.8) is 0 Å². The van der Waals surface area contributed by atoms with Gasteiger partial charge in [-0.3, -0.25) is 5.32 Å². The maximum absolute atomic E-state index is 12.0. The van der Waals surface area contributed by atoms with Crippen molar-refractivity contribution in [3.8, 4) is 11.5 Å². The molecule has 1 aromatic heterocycles. The van der Waals surface area contributed by atoms with E-state index in [9.17, 15) is 4.79 Å². The molecule has 116 valence electrons. The number of hydrogen-bond acceptors (Lipinski definition) is 5. The Morgan fingerprint density at radius 3 is 2.68 bits per heavy atom. The average Bonchev–Trinajstić information content (AvgIpc) is 3.13. The second kappa shape index (κ2) is 5.64. The summed E-state index contributed by atoms with van der Waals surface area (Å²) in [7, 11) is 0. The van der Waals surface area contributed by atoms with Gasteiger partial charge in [-0.05, 0) is 12.8 Å². The molecule has 22 heavy (non-hydrogen) atoms. The highest BCUT2D eigenvalue weighted by Crippen LogP contribution is 2.37. The van der Waals surface area contributed by atoms with Crippen LogP contribution in [0.1, 0.15) is 25.7 Å². The molecule has 1 saturated carbocycles. The molecule has 0 bridgehead atoms. The van der Waals surface area contributed by atoms with E-state index in [4.69, 9.17) is 9.47 Å². The fourth-order valence-electron chi connectivity index (χ4n) is 2.91. The van der Waals surface area contributed by atoms with Crippen molar-refractivity contribution in [1.29, 1.82) is 0 Å². The van der Waals surface area contributed by atoms with E-state index in [1.54, 1.807) is 0 Å². The lowest BCUT2D eigenvalue weighted by atomic mass is 10.3. The van der Waals surface area contributed by atoms with Gasteiger partial charge in [0.05, 0.1) is 10.2 Å². The van der Waals surface area contributed by atoms with E-state index >= 15 is 0 Å². The highest BCUT2D eigenvalue weighted by atomic mass is 32.1. The van der Waals surface area contributed by atoms with Crippen LogP contribution in [-0.4, -0.2) is 30.3 Å². The Kier molecular flexibility index (Phi) is 3.49. The van der Waals surface area contributed by atoms with Crippen LogP contribution < -0.4 is 20.1 Å². The smallest absolute Gasteiger partial charge is 0.321 e. The molecular formula is C15H17N3O3S. The highest BCUT2D eigenvalue weighted by Gasteiger charge is 2.19. The molecule has 0 radical (unpaired) electrons. The van der Waals surface area contributed by atoms with Crippen molar-refractivity contribution in [2.45, 2.75) is 31.7 Å². The second-order valence-electron chi connectivity index (χ2n) is 5.56. The molecule has 7 heteroatoms. The van der Waals surface area contributed by atoms with Gasteiger partial charge in [0, 0.05) is 18.2 Å². The molecule has 1 fully saturated rings. The Labute approximate surface area is 131 Å². The minimum absolute atomic E-state index is 0.178. The molecule has 1 aromatic carbocycles. The molecule has 0 spiro atoms. The fourth-order valence-corrected chi connectivity index (χ4v) is 3.78. The lowest BCUT2D eigenvalue weighted by molar-refractivity contribution is 0.172. The zero-order valence-electron chi connectivity index (χ0n) is 12.1. The summed E-state index contributed by atoms with van der Waals surface area (Å²) in [6.45, 7) is 1.11. The van der Waals surface area contributed by atoms with Gasteiger partial charge in [-0.25, -0.2) is 9.78 Å². The molecule has 6 nitrogen and oxygen atoms in total. The van der Waals surface area contributed by atoms with E-state index in [0.29, 0.717) is 30.1 Å². The predicted octanol–water partition coefficient (Wildman–Crippen LogP) is 3.13. The lowest BCUT2D eigenvalue weighted by Crippen LogP contribution is -2.36. The summed E-state index contributed by atoms with van der Waals surface area (Å²) in [6, 6.07) is 3.90. The van der Waals surface area contributed by atoms with Gasteiger partial charge in [-0.15, -0.1) is 0 Å². The second-order valence-corrected chi connectivity index (χ2v) is 6.59. The fraction of sp³-hybridized carbons (Fsp3) is 0.467. The maximum Gasteiger partial charge on any atom is 0.321 e. The number of nitrogens with one attached hydrogen (secondary N) is 2. The molecule has 2 aliphatic rings. The van der Waals surface area contributed by atoms with Crippen LogP contribution in [0.3, 0.4) is 0 Å². The largest absolute Gasteiger partial charge is 0.486 e. The summed E-state index contributed by atoms with van der Waals surface area (Å²) in [5, 5.41) is 6.41. The quantitative estimate of drug-likeness (QED) is 0.892. The van der Waals surface area contributed by atoms with E-state index < -0.39 is 0 Å². The van der Waals surface area contributed by atoms with Gasteiger partial charge in [0.1, 0.15) is 13.2 Å². The number of urea groups is 1. The zero-order chi connectivity index (χ0) is 14.9. The van der Waals surface area contributed by atoms with Gasteiger partial charge >= 0.3 is 6.03 Å². The first-order valence-corrected chi connectivity index (χ1v) is 8.37. The van der Waals surface area contributed by atoms with Crippen molar-refractivity contribution >= 4 is 32.7 Å². The predicted molar refractivity (Wildman–Crippen MR) is 85.0 cm³/mol. The van der Waals surface area contributed by atoms with E-state index in [1.807, 2.05) is 12.1 Å². The number of ether oxygens (including phenoxy) is 2. The van der Waals surface area contributed by atoms with Gasteiger partial charge in [0.2, 0.25) is 0 Å². The molecule has 4 rings (SSSR count). The third-order valence-corrected chi connectivity index (χ3v) is 4.90. The molecule has 2 heterocycles. The normalized spacial score (nSPS) is 17.6. The van der Waals surface area contributed by atoms with E-state index in [0.717, 1.165) is 28.8 Å². The molecule has 0 saturated heterocycles. The number of nitrogens with zero attached hydrogens (tertiary/aromatic N) is 1. The number of thiazole rings is 1. The summed E-state index contributed by atoms with van der Waals surface area (Å²) < 4.78 is 12.1. The van der Waals surface area contributed by atoms with Crippen molar-refractivity contribution in [2.75, 3.05) is 18.5 Å². The number of amides is 2. The Hall–Kier alpha value is -2.02. The van der Waals surface area contributed by atoms with Gasteiger partial charge in [-0.2, -0.15) is 0 Å². The highest BCUT2D eigenvalue weighted by molar-refractivity contribution is 7.22.